The lowest BCUT2D eigenvalue weighted by Gasteiger charge is -2.58. The van der Waals surface area contributed by atoms with E-state index >= 15 is 0 Å². The number of esters is 2. The summed E-state index contributed by atoms with van der Waals surface area (Å²) in [5, 5.41) is 3.56. The van der Waals surface area contributed by atoms with Crippen molar-refractivity contribution in [2.24, 2.45) is 41.2 Å². The lowest BCUT2D eigenvalue weighted by molar-refractivity contribution is -0.229. The van der Waals surface area contributed by atoms with Crippen molar-refractivity contribution in [3.05, 3.63) is 23.3 Å². The van der Waals surface area contributed by atoms with Gasteiger partial charge in [-0.05, 0) is 95.3 Å². The molecule has 8 rings (SSSR count). The molecular formula is C40H59N3O6S2. The van der Waals surface area contributed by atoms with E-state index in [-0.39, 0.29) is 64.6 Å². The molecule has 7 unspecified atom stereocenters. The second-order valence-corrected chi connectivity index (χ2v) is 20.2. The Bertz CT molecular complexity index is 1460. The fourth-order valence-electron chi connectivity index (χ4n) is 12.0. The van der Waals surface area contributed by atoms with Crippen molar-refractivity contribution in [1.82, 2.24) is 10.2 Å². The van der Waals surface area contributed by atoms with E-state index in [0.717, 1.165) is 44.4 Å². The Hall–Kier alpha value is -1.53. The maximum absolute atomic E-state index is 14.5. The monoisotopic (exact) mass is 741 g/mol. The summed E-state index contributed by atoms with van der Waals surface area (Å²) >= 11 is 0. The van der Waals surface area contributed by atoms with Gasteiger partial charge in [-0.15, -0.1) is 0 Å². The van der Waals surface area contributed by atoms with E-state index in [9.17, 15) is 14.4 Å². The van der Waals surface area contributed by atoms with Crippen molar-refractivity contribution in [1.29, 1.82) is 0 Å². The molecule has 9 nitrogen and oxygen atoms in total. The van der Waals surface area contributed by atoms with E-state index in [1.807, 2.05) is 30.7 Å². The molecule has 3 N–H and O–H groups in total. The number of hydrogen-bond acceptors (Lipinski definition) is 10. The summed E-state index contributed by atoms with van der Waals surface area (Å²) in [5.74, 6) is 2.01. The summed E-state index contributed by atoms with van der Waals surface area (Å²) in [6.07, 6.45) is 15.2. The second kappa shape index (κ2) is 14.0. The van der Waals surface area contributed by atoms with Crippen molar-refractivity contribution in [2.45, 2.75) is 152 Å². The van der Waals surface area contributed by atoms with Gasteiger partial charge in [-0.3, -0.25) is 9.59 Å². The van der Waals surface area contributed by atoms with E-state index in [1.165, 1.54) is 31.3 Å². The van der Waals surface area contributed by atoms with Crippen molar-refractivity contribution in [3.63, 3.8) is 0 Å². The van der Waals surface area contributed by atoms with Crippen LogP contribution >= 0.6 is 21.6 Å². The van der Waals surface area contributed by atoms with Gasteiger partial charge in [0.1, 0.15) is 17.3 Å². The van der Waals surface area contributed by atoms with Crippen LogP contribution < -0.4 is 11.1 Å². The van der Waals surface area contributed by atoms with Gasteiger partial charge < -0.3 is 30.2 Å². The molecule has 1 amide bonds. The van der Waals surface area contributed by atoms with Gasteiger partial charge in [-0.2, -0.15) is 0 Å². The van der Waals surface area contributed by atoms with Crippen LogP contribution in [0.5, 0.6) is 0 Å². The number of allylic oxidation sites excluding steroid dienone is 1. The molecule has 0 aromatic carbocycles. The van der Waals surface area contributed by atoms with Gasteiger partial charge in [0.2, 0.25) is 5.91 Å². The number of rotatable bonds is 3. The second-order valence-electron chi connectivity index (χ2n) is 17.5. The Balaban J connectivity index is 1.22. The van der Waals surface area contributed by atoms with E-state index in [1.54, 1.807) is 0 Å². The number of fused-ring (bicyclic) bond motifs is 8. The molecule has 0 bridgehead atoms. The van der Waals surface area contributed by atoms with Crippen LogP contribution in [0, 0.1) is 35.5 Å². The zero-order chi connectivity index (χ0) is 35.7. The van der Waals surface area contributed by atoms with Crippen molar-refractivity contribution < 1.29 is 28.6 Å². The lowest BCUT2D eigenvalue weighted by atomic mass is 9.56. The number of carbonyl (C=O) groups excluding carboxylic acids is 3. The van der Waals surface area contributed by atoms with Crippen molar-refractivity contribution >= 4 is 39.4 Å². The zero-order valence-corrected chi connectivity index (χ0v) is 32.7. The Labute approximate surface area is 312 Å². The number of nitrogens with one attached hydrogen (secondary N) is 1. The largest absolute Gasteiger partial charge is 0.462 e. The van der Waals surface area contributed by atoms with Crippen LogP contribution in [0.15, 0.2) is 23.3 Å². The quantitative estimate of drug-likeness (QED) is 0.148. The Morgan fingerprint density at radius 3 is 2.73 bits per heavy atom. The predicted molar refractivity (Wildman–Crippen MR) is 200 cm³/mol. The molecular weight excluding hydrogens is 683 g/mol. The standard InChI is InChI=1S/C40H59N3O6S2/c1-5-23(3)37(46)49-38(4)14-11-26-22-50-51-39(12-7-8-13-39)36-24(6-2)21-43(36)33(44)16-28-20-42-32(41)17-29(28)35(26)40(38)19-27-15-25-9-10-34(45)47-30(25)18-31(27)48-40/h5,11,24-25,27-32,35-36,42H,6-10,12-22,41H2,1-4H3/t24-,25?,27?,28?,29?,30?,31?,32?,35-,36+,38+,40+/m0/s1. The highest BCUT2D eigenvalue weighted by Crippen LogP contribution is 2.63. The maximum atomic E-state index is 14.5. The molecule has 282 valence electrons. The zero-order valence-electron chi connectivity index (χ0n) is 31.0. The molecule has 0 aromatic heterocycles. The van der Waals surface area contributed by atoms with Crippen LogP contribution in [-0.2, 0) is 28.6 Å². The molecule has 8 aliphatic rings. The van der Waals surface area contributed by atoms with Crippen molar-refractivity contribution in [2.75, 3.05) is 18.8 Å². The molecule has 0 aromatic rings. The van der Waals surface area contributed by atoms with Crippen molar-refractivity contribution in [3.8, 4) is 0 Å². The topological polar surface area (TPSA) is 120 Å². The molecule has 7 fully saturated rings. The summed E-state index contributed by atoms with van der Waals surface area (Å²) in [4.78, 5) is 43.0. The number of ether oxygens (including phenoxy) is 3. The number of nitrogens with two attached hydrogens (primary N) is 1. The average molecular weight is 742 g/mol. The third-order valence-corrected chi connectivity index (χ3v) is 18.1. The summed E-state index contributed by atoms with van der Waals surface area (Å²) < 4.78 is 20.3. The van der Waals surface area contributed by atoms with E-state index in [0.29, 0.717) is 55.7 Å². The minimum absolute atomic E-state index is 0.0706. The molecule has 2 spiro atoms. The van der Waals surface area contributed by atoms with Crippen LogP contribution in [-0.4, -0.2) is 82.0 Å². The third-order valence-electron chi connectivity index (χ3n) is 14.8. The van der Waals surface area contributed by atoms with Crippen LogP contribution in [0.1, 0.15) is 111 Å². The number of carbonyl (C=O) groups is 3. The van der Waals surface area contributed by atoms with E-state index in [2.05, 4.69) is 40.9 Å². The predicted octanol–water partition coefficient (Wildman–Crippen LogP) is 6.31. The summed E-state index contributed by atoms with van der Waals surface area (Å²) in [7, 11) is 4.04. The Morgan fingerprint density at radius 1 is 1.16 bits per heavy atom. The third kappa shape index (κ3) is 6.15. The first kappa shape index (κ1) is 36.4. The van der Waals surface area contributed by atoms with E-state index < -0.39 is 11.2 Å². The highest BCUT2D eigenvalue weighted by Gasteiger charge is 2.68. The molecule has 2 saturated carbocycles. The highest BCUT2D eigenvalue weighted by atomic mass is 33.1. The first-order valence-electron chi connectivity index (χ1n) is 20.0. The summed E-state index contributed by atoms with van der Waals surface area (Å²) in [6, 6.07) is 0.311. The molecule has 3 aliphatic carbocycles. The maximum Gasteiger partial charge on any atom is 0.334 e. The van der Waals surface area contributed by atoms with Gasteiger partial charge >= 0.3 is 11.9 Å². The lowest BCUT2D eigenvalue weighted by Crippen LogP contribution is -2.68. The van der Waals surface area contributed by atoms with Crippen LogP contribution in [0.3, 0.4) is 0 Å². The number of nitrogens with zero attached hydrogens (tertiary/aromatic N) is 1. The van der Waals surface area contributed by atoms with Gasteiger partial charge in [0.25, 0.3) is 0 Å². The SMILES string of the molecule is CC=C(C)C(=O)O[C@]1(C)CC=C2CSSC3(CCCC3)[C@H]3[C@@H](CC)CN3C(=O)CC3CNC(N)CC3[C@H]2[C@]12CC1CC3CCC(=O)OC3CC1O2. The molecule has 5 heterocycles. The van der Waals surface area contributed by atoms with Gasteiger partial charge in [0, 0.05) is 60.8 Å². The van der Waals surface area contributed by atoms with Gasteiger partial charge in [-0.25, -0.2) is 4.79 Å². The first-order chi connectivity index (χ1) is 24.5. The fourth-order valence-corrected chi connectivity index (χ4v) is 15.7. The molecule has 0 radical (unpaired) electrons. The summed E-state index contributed by atoms with van der Waals surface area (Å²) in [5.41, 5.74) is 7.00. The summed E-state index contributed by atoms with van der Waals surface area (Å²) in [6.45, 7) is 9.64. The minimum Gasteiger partial charge on any atom is -0.462 e. The van der Waals surface area contributed by atoms with Gasteiger partial charge in [-0.1, -0.05) is 59.1 Å². The first-order valence-corrected chi connectivity index (χ1v) is 22.3. The van der Waals surface area contributed by atoms with Gasteiger partial charge in [0.15, 0.2) is 0 Å². The minimum atomic E-state index is -0.927. The smallest absolute Gasteiger partial charge is 0.334 e. The molecule has 11 heteroatoms. The van der Waals surface area contributed by atoms with Crippen LogP contribution in [0.4, 0.5) is 0 Å². The normalized spacial score (nSPS) is 45.2. The number of piperidine rings is 1. The van der Waals surface area contributed by atoms with Gasteiger partial charge in [0.05, 0.1) is 18.3 Å². The molecule has 51 heavy (non-hydrogen) atoms. The highest BCUT2D eigenvalue weighted by molar-refractivity contribution is 8.77. The van der Waals surface area contributed by atoms with Crippen LogP contribution in [0.2, 0.25) is 0 Å². The average Bonchev–Trinajstić information content (AvgIpc) is 3.71. The fraction of sp³-hybridized carbons (Fsp3) is 0.825. The Kier molecular flexibility index (Phi) is 9.97. The molecule has 12 atom stereocenters. The van der Waals surface area contributed by atoms with Crippen LogP contribution in [0.25, 0.3) is 0 Å². The number of hydrogen-bond donors (Lipinski definition) is 2. The molecule has 5 aliphatic heterocycles. The number of amides is 1. The molecule has 5 saturated heterocycles. The van der Waals surface area contributed by atoms with E-state index in [4.69, 9.17) is 19.9 Å². The Morgan fingerprint density at radius 2 is 1.96 bits per heavy atom.